The van der Waals surface area contributed by atoms with Crippen molar-refractivity contribution in [1.82, 2.24) is 14.9 Å². The molecule has 1 aromatic rings. The SMILES string of the molecule is Cc1cc(N2CCN(C(=O)CCCCCCN)CC2)nc(C(C)C)n1.Cl.Cl. The molecule has 1 aromatic heterocycles. The number of nitrogens with zero attached hydrogens (tertiary/aromatic N) is 4. The lowest BCUT2D eigenvalue weighted by Gasteiger charge is -2.35. The number of hydrogen-bond donors (Lipinski definition) is 1. The molecule has 0 radical (unpaired) electrons. The molecule has 2 heterocycles. The molecule has 6 nitrogen and oxygen atoms in total. The highest BCUT2D eigenvalue weighted by Crippen LogP contribution is 2.19. The van der Waals surface area contributed by atoms with E-state index in [-0.39, 0.29) is 30.7 Å². The molecule has 1 amide bonds. The minimum atomic E-state index is 0. The molecule has 8 heteroatoms. The van der Waals surface area contributed by atoms with Crippen LogP contribution in [0, 0.1) is 6.92 Å². The molecule has 2 N–H and O–H groups in total. The van der Waals surface area contributed by atoms with Gasteiger partial charge in [-0.25, -0.2) is 9.97 Å². The van der Waals surface area contributed by atoms with Crippen molar-refractivity contribution < 1.29 is 4.79 Å². The maximum atomic E-state index is 12.3. The number of hydrogen-bond acceptors (Lipinski definition) is 5. The Balaban J connectivity index is 0.00000338. The number of aromatic nitrogens is 2. The lowest BCUT2D eigenvalue weighted by molar-refractivity contribution is -0.131. The van der Waals surface area contributed by atoms with Gasteiger partial charge in [-0.2, -0.15) is 0 Å². The summed E-state index contributed by atoms with van der Waals surface area (Å²) >= 11 is 0. The zero-order chi connectivity index (χ0) is 18.2. The molecule has 1 fully saturated rings. The second-order valence-electron chi connectivity index (χ2n) is 7.20. The van der Waals surface area contributed by atoms with Gasteiger partial charge in [0.15, 0.2) is 0 Å². The Labute approximate surface area is 176 Å². The highest BCUT2D eigenvalue weighted by molar-refractivity contribution is 5.85. The molecular weight excluding hydrogens is 385 g/mol. The van der Waals surface area contributed by atoms with Gasteiger partial charge in [0.1, 0.15) is 11.6 Å². The summed E-state index contributed by atoms with van der Waals surface area (Å²) in [5.41, 5.74) is 6.50. The van der Waals surface area contributed by atoms with E-state index in [2.05, 4.69) is 23.7 Å². The summed E-state index contributed by atoms with van der Waals surface area (Å²) in [6.07, 6.45) is 4.92. The fraction of sp³-hybridized carbons (Fsp3) is 0.737. The molecule has 0 spiro atoms. The number of unbranched alkanes of at least 4 members (excludes halogenated alkanes) is 3. The molecule has 0 aliphatic carbocycles. The van der Waals surface area contributed by atoms with Gasteiger partial charge in [-0.15, -0.1) is 24.8 Å². The van der Waals surface area contributed by atoms with Gasteiger partial charge < -0.3 is 15.5 Å². The Morgan fingerprint density at radius 1 is 1.07 bits per heavy atom. The summed E-state index contributed by atoms with van der Waals surface area (Å²) in [4.78, 5) is 25.8. The molecule has 0 saturated carbocycles. The quantitative estimate of drug-likeness (QED) is 0.653. The van der Waals surface area contributed by atoms with E-state index < -0.39 is 0 Å². The van der Waals surface area contributed by atoms with Crippen molar-refractivity contribution in [3.63, 3.8) is 0 Å². The van der Waals surface area contributed by atoms with Gasteiger partial charge >= 0.3 is 0 Å². The van der Waals surface area contributed by atoms with E-state index in [1.807, 2.05) is 17.9 Å². The van der Waals surface area contributed by atoms with Crippen molar-refractivity contribution in [2.24, 2.45) is 5.73 Å². The van der Waals surface area contributed by atoms with Gasteiger partial charge in [-0.1, -0.05) is 26.7 Å². The van der Waals surface area contributed by atoms with Crippen LogP contribution in [0.4, 0.5) is 5.82 Å². The van der Waals surface area contributed by atoms with Gasteiger partial charge in [0.05, 0.1) is 0 Å². The first-order chi connectivity index (χ1) is 12.0. The molecule has 2 rings (SSSR count). The van der Waals surface area contributed by atoms with Crippen LogP contribution in [0.3, 0.4) is 0 Å². The average molecular weight is 420 g/mol. The number of rotatable bonds is 8. The van der Waals surface area contributed by atoms with Crippen LogP contribution in [0.1, 0.15) is 63.4 Å². The van der Waals surface area contributed by atoms with E-state index in [1.54, 1.807) is 0 Å². The number of anilines is 1. The van der Waals surface area contributed by atoms with Crippen LogP contribution >= 0.6 is 24.8 Å². The maximum absolute atomic E-state index is 12.3. The van der Waals surface area contributed by atoms with Gasteiger partial charge in [-0.05, 0) is 26.3 Å². The topological polar surface area (TPSA) is 75.3 Å². The summed E-state index contributed by atoms with van der Waals surface area (Å²) in [6, 6.07) is 2.04. The Morgan fingerprint density at radius 2 is 1.70 bits per heavy atom. The van der Waals surface area contributed by atoms with Crippen molar-refractivity contribution >= 4 is 36.5 Å². The van der Waals surface area contributed by atoms with Gasteiger partial charge in [0, 0.05) is 50.3 Å². The first-order valence-corrected chi connectivity index (χ1v) is 9.59. The van der Waals surface area contributed by atoms with Crippen molar-refractivity contribution in [3.05, 3.63) is 17.6 Å². The number of carbonyl (C=O) groups is 1. The standard InChI is InChI=1S/C19H33N5O.2ClH/c1-15(2)19-21-16(3)14-17(22-19)23-10-12-24(13-11-23)18(25)8-6-4-5-7-9-20;;/h14-15H,4-13,20H2,1-3H3;2*1H. The lowest BCUT2D eigenvalue weighted by atomic mass is 10.1. The van der Waals surface area contributed by atoms with Crippen molar-refractivity contribution in [1.29, 1.82) is 0 Å². The minimum Gasteiger partial charge on any atom is -0.353 e. The van der Waals surface area contributed by atoms with E-state index >= 15 is 0 Å². The molecule has 0 bridgehead atoms. The first-order valence-electron chi connectivity index (χ1n) is 9.59. The fourth-order valence-electron chi connectivity index (χ4n) is 3.11. The predicted octanol–water partition coefficient (Wildman–Crippen LogP) is 3.31. The van der Waals surface area contributed by atoms with Crippen LogP contribution in [-0.2, 0) is 4.79 Å². The number of aryl methyl sites for hydroxylation is 1. The van der Waals surface area contributed by atoms with Crippen LogP contribution in [0.2, 0.25) is 0 Å². The minimum absolute atomic E-state index is 0. The average Bonchev–Trinajstić information content (AvgIpc) is 2.61. The normalized spacial score (nSPS) is 14.0. The molecule has 1 saturated heterocycles. The Hall–Kier alpha value is -1.11. The largest absolute Gasteiger partial charge is 0.353 e. The number of piperazine rings is 1. The van der Waals surface area contributed by atoms with Gasteiger partial charge in [0.2, 0.25) is 5.91 Å². The van der Waals surface area contributed by atoms with E-state index in [0.717, 1.165) is 75.7 Å². The molecule has 0 aromatic carbocycles. The molecule has 156 valence electrons. The zero-order valence-electron chi connectivity index (χ0n) is 16.8. The van der Waals surface area contributed by atoms with Crippen LogP contribution < -0.4 is 10.6 Å². The van der Waals surface area contributed by atoms with Gasteiger partial charge in [0.25, 0.3) is 0 Å². The second-order valence-corrected chi connectivity index (χ2v) is 7.20. The van der Waals surface area contributed by atoms with E-state index in [9.17, 15) is 4.79 Å². The first kappa shape index (κ1) is 25.9. The monoisotopic (exact) mass is 419 g/mol. The molecule has 1 aliphatic heterocycles. The van der Waals surface area contributed by atoms with Crippen molar-refractivity contribution in [2.75, 3.05) is 37.6 Å². The number of nitrogens with two attached hydrogens (primary N) is 1. The molecule has 27 heavy (non-hydrogen) atoms. The predicted molar refractivity (Wildman–Crippen MR) is 116 cm³/mol. The molecular formula is C19H35Cl2N5O. The summed E-state index contributed by atoms with van der Waals surface area (Å²) in [5.74, 6) is 2.49. The molecule has 0 unspecified atom stereocenters. The second kappa shape index (κ2) is 13.1. The Kier molecular flexibility index (Phi) is 12.6. The Bertz CT molecular complexity index is 563. The van der Waals surface area contributed by atoms with Crippen molar-refractivity contribution in [3.8, 4) is 0 Å². The van der Waals surface area contributed by atoms with E-state index in [4.69, 9.17) is 10.7 Å². The van der Waals surface area contributed by atoms with E-state index in [0.29, 0.717) is 12.3 Å². The van der Waals surface area contributed by atoms with Gasteiger partial charge in [-0.3, -0.25) is 4.79 Å². The van der Waals surface area contributed by atoms with Crippen LogP contribution in [0.25, 0.3) is 0 Å². The third-order valence-electron chi connectivity index (χ3n) is 4.68. The lowest BCUT2D eigenvalue weighted by Crippen LogP contribution is -2.49. The summed E-state index contributed by atoms with van der Waals surface area (Å²) in [6.45, 7) is 10.2. The number of amides is 1. The highest BCUT2D eigenvalue weighted by atomic mass is 35.5. The van der Waals surface area contributed by atoms with Crippen LogP contribution in [0.5, 0.6) is 0 Å². The van der Waals surface area contributed by atoms with Crippen LogP contribution in [0.15, 0.2) is 6.07 Å². The third-order valence-corrected chi connectivity index (χ3v) is 4.68. The number of halogens is 2. The number of carbonyl (C=O) groups excluding carboxylic acids is 1. The molecule has 0 atom stereocenters. The smallest absolute Gasteiger partial charge is 0.222 e. The summed E-state index contributed by atoms with van der Waals surface area (Å²) in [5, 5.41) is 0. The van der Waals surface area contributed by atoms with E-state index in [1.165, 1.54) is 0 Å². The molecule has 1 aliphatic rings. The zero-order valence-corrected chi connectivity index (χ0v) is 18.4. The summed E-state index contributed by atoms with van der Waals surface area (Å²) in [7, 11) is 0. The fourth-order valence-corrected chi connectivity index (χ4v) is 3.11. The maximum Gasteiger partial charge on any atom is 0.222 e. The Morgan fingerprint density at radius 3 is 2.30 bits per heavy atom. The van der Waals surface area contributed by atoms with Crippen LogP contribution in [-0.4, -0.2) is 53.5 Å². The highest BCUT2D eigenvalue weighted by Gasteiger charge is 2.22. The third kappa shape index (κ3) is 8.20. The van der Waals surface area contributed by atoms with Crippen molar-refractivity contribution in [2.45, 2.75) is 58.8 Å². The summed E-state index contributed by atoms with van der Waals surface area (Å²) < 4.78 is 0.